The molecule has 2 aliphatic heterocycles. The Bertz CT molecular complexity index is 1450. The van der Waals surface area contributed by atoms with E-state index >= 15 is 0 Å². The molecule has 0 bridgehead atoms. The predicted molar refractivity (Wildman–Crippen MR) is 150 cm³/mol. The van der Waals surface area contributed by atoms with E-state index in [1.807, 2.05) is 29.9 Å². The minimum absolute atomic E-state index is 0.0138. The summed E-state index contributed by atoms with van der Waals surface area (Å²) in [6, 6.07) is 2.11. The van der Waals surface area contributed by atoms with Crippen LogP contribution in [0.1, 0.15) is 44.0 Å². The van der Waals surface area contributed by atoms with Crippen molar-refractivity contribution in [3.05, 3.63) is 42.2 Å². The van der Waals surface area contributed by atoms with Crippen LogP contribution in [0.15, 0.2) is 30.9 Å². The highest BCUT2D eigenvalue weighted by Crippen LogP contribution is 2.28. The van der Waals surface area contributed by atoms with E-state index in [4.69, 9.17) is 4.98 Å². The molecule has 6 rings (SSSR count). The van der Waals surface area contributed by atoms with Gasteiger partial charge in [0.15, 0.2) is 11.5 Å². The molecule has 2 aliphatic rings. The van der Waals surface area contributed by atoms with Crippen molar-refractivity contribution in [1.29, 1.82) is 0 Å². The average molecular weight is 550 g/mol. The highest BCUT2D eigenvalue weighted by molar-refractivity contribution is 7.10. The number of aliphatic hydroxyl groups is 1. The van der Waals surface area contributed by atoms with Gasteiger partial charge in [0.05, 0.1) is 35.6 Å². The molecule has 206 valence electrons. The lowest BCUT2D eigenvalue weighted by molar-refractivity contribution is -0.134. The van der Waals surface area contributed by atoms with Gasteiger partial charge in [-0.05, 0) is 62.7 Å². The zero-order valence-electron chi connectivity index (χ0n) is 22.5. The number of imidazole rings is 1. The topological polar surface area (TPSA) is 117 Å². The quantitative estimate of drug-likeness (QED) is 0.361. The Morgan fingerprint density at radius 1 is 1.18 bits per heavy atom. The summed E-state index contributed by atoms with van der Waals surface area (Å²) in [5.74, 6) is 1.43. The largest absolute Gasteiger partial charge is 0.393 e. The molecular formula is C27H35N9O2S. The lowest BCUT2D eigenvalue weighted by atomic mass is 10.0. The number of amides is 1. The first kappa shape index (κ1) is 25.9. The molecule has 39 heavy (non-hydrogen) atoms. The summed E-state index contributed by atoms with van der Waals surface area (Å²) in [5, 5.41) is 18.5. The second kappa shape index (κ2) is 11.0. The van der Waals surface area contributed by atoms with Crippen LogP contribution in [0, 0.1) is 12.8 Å². The molecule has 0 spiro atoms. The number of aliphatic hydroxyl groups excluding tert-OH is 1. The van der Waals surface area contributed by atoms with Crippen LogP contribution in [0.4, 0.5) is 10.8 Å². The fourth-order valence-corrected chi connectivity index (χ4v) is 6.22. The molecular weight excluding hydrogens is 514 g/mol. The van der Waals surface area contributed by atoms with Gasteiger partial charge in [-0.1, -0.05) is 6.92 Å². The molecule has 2 saturated heterocycles. The second-order valence-electron chi connectivity index (χ2n) is 10.9. The standard InChI is InChI=1S/C27H35N9O2S/c1-18-4-3-7-33(13-18)16-21-10-24(39-32-21)31-26-27-28-12-23(36(27)14-19(2)30-26)20-11-29-35(15-20)17-25(38)34-8-5-22(37)6-9-34/h10-12,14-15,18,22,37H,3-9,13,16-17H2,1-2H3,(H,30,31). The number of fused-ring (bicyclic) bond motifs is 1. The summed E-state index contributed by atoms with van der Waals surface area (Å²) in [4.78, 5) is 26.4. The maximum absolute atomic E-state index is 12.7. The summed E-state index contributed by atoms with van der Waals surface area (Å²) in [6.07, 6.45) is 10.9. The van der Waals surface area contributed by atoms with Crippen LogP contribution in [0.5, 0.6) is 0 Å². The fraction of sp³-hybridized carbons (Fsp3) is 0.519. The molecule has 1 unspecified atom stereocenters. The van der Waals surface area contributed by atoms with Gasteiger partial charge in [0.1, 0.15) is 11.5 Å². The Labute approximate surface area is 231 Å². The number of anilines is 2. The minimum atomic E-state index is -0.306. The van der Waals surface area contributed by atoms with E-state index < -0.39 is 0 Å². The number of rotatable bonds is 7. The molecule has 2 fully saturated rings. The average Bonchev–Trinajstić information content (AvgIpc) is 3.65. The SMILES string of the molecule is Cc1cn2c(-c3cnn(CC(=O)N4CCC(O)CC4)c3)cnc2c(Nc2cc(CN3CCCC(C)C3)ns2)n1. The van der Waals surface area contributed by atoms with Gasteiger partial charge in [-0.3, -0.25) is 18.8 Å². The van der Waals surface area contributed by atoms with Gasteiger partial charge in [-0.2, -0.15) is 9.47 Å². The highest BCUT2D eigenvalue weighted by atomic mass is 32.1. The lowest BCUT2D eigenvalue weighted by Crippen LogP contribution is -2.41. The number of nitrogens with one attached hydrogen (secondary N) is 1. The number of aryl methyl sites for hydroxylation is 1. The smallest absolute Gasteiger partial charge is 0.244 e. The van der Waals surface area contributed by atoms with Crippen LogP contribution in [0.2, 0.25) is 0 Å². The molecule has 4 aromatic rings. The van der Waals surface area contributed by atoms with Crippen LogP contribution < -0.4 is 5.32 Å². The number of hydrogen-bond acceptors (Lipinski definition) is 9. The Balaban J connectivity index is 1.17. The van der Waals surface area contributed by atoms with Gasteiger partial charge in [0, 0.05) is 44.1 Å². The zero-order chi connectivity index (χ0) is 26.9. The highest BCUT2D eigenvalue weighted by Gasteiger charge is 2.22. The Kier molecular flexibility index (Phi) is 7.32. The van der Waals surface area contributed by atoms with E-state index in [0.29, 0.717) is 37.4 Å². The molecule has 1 amide bonds. The van der Waals surface area contributed by atoms with E-state index in [-0.39, 0.29) is 18.6 Å². The third-order valence-corrected chi connectivity index (χ3v) is 8.33. The van der Waals surface area contributed by atoms with Crippen molar-refractivity contribution in [1.82, 2.24) is 38.3 Å². The molecule has 4 aromatic heterocycles. The van der Waals surface area contributed by atoms with Gasteiger partial charge >= 0.3 is 0 Å². The van der Waals surface area contributed by atoms with E-state index in [0.717, 1.165) is 53.2 Å². The number of hydrogen-bond donors (Lipinski definition) is 2. The van der Waals surface area contributed by atoms with Gasteiger partial charge in [-0.15, -0.1) is 0 Å². The van der Waals surface area contributed by atoms with Crippen molar-refractivity contribution in [2.75, 3.05) is 31.5 Å². The van der Waals surface area contributed by atoms with Crippen LogP contribution in [0.3, 0.4) is 0 Å². The molecule has 1 atom stereocenters. The number of carbonyl (C=O) groups is 1. The van der Waals surface area contributed by atoms with E-state index in [2.05, 4.69) is 37.7 Å². The molecule has 0 aromatic carbocycles. The van der Waals surface area contributed by atoms with Crippen molar-refractivity contribution in [3.63, 3.8) is 0 Å². The maximum Gasteiger partial charge on any atom is 0.244 e. The second-order valence-corrected chi connectivity index (χ2v) is 11.7. The van der Waals surface area contributed by atoms with Crippen molar-refractivity contribution in [3.8, 4) is 11.3 Å². The summed E-state index contributed by atoms with van der Waals surface area (Å²) in [6.45, 7) is 8.76. The van der Waals surface area contributed by atoms with Gasteiger partial charge in [-0.25, -0.2) is 9.97 Å². The fourth-order valence-electron chi connectivity index (χ4n) is 5.56. The van der Waals surface area contributed by atoms with E-state index in [1.54, 1.807) is 15.8 Å². The monoisotopic (exact) mass is 549 g/mol. The first-order chi connectivity index (χ1) is 18.9. The summed E-state index contributed by atoms with van der Waals surface area (Å²) in [7, 11) is 0. The van der Waals surface area contributed by atoms with Crippen molar-refractivity contribution in [2.24, 2.45) is 5.92 Å². The first-order valence-corrected chi connectivity index (χ1v) is 14.5. The van der Waals surface area contributed by atoms with Crippen molar-refractivity contribution >= 4 is 33.9 Å². The number of nitrogens with zero attached hydrogens (tertiary/aromatic N) is 8. The lowest BCUT2D eigenvalue weighted by Gasteiger charge is -2.30. The van der Waals surface area contributed by atoms with Crippen LogP contribution in [-0.4, -0.2) is 81.6 Å². The molecule has 12 heteroatoms. The Morgan fingerprint density at radius 3 is 2.85 bits per heavy atom. The molecule has 11 nitrogen and oxygen atoms in total. The third kappa shape index (κ3) is 5.82. The Hall–Kier alpha value is -3.35. The van der Waals surface area contributed by atoms with Crippen LogP contribution in [-0.2, 0) is 17.9 Å². The molecule has 2 N–H and O–H groups in total. The maximum atomic E-state index is 12.7. The van der Waals surface area contributed by atoms with Gasteiger partial charge in [0.25, 0.3) is 0 Å². The molecule has 0 aliphatic carbocycles. The van der Waals surface area contributed by atoms with Crippen LogP contribution >= 0.6 is 11.5 Å². The van der Waals surface area contributed by atoms with Crippen LogP contribution in [0.25, 0.3) is 16.9 Å². The third-order valence-electron chi connectivity index (χ3n) is 7.58. The van der Waals surface area contributed by atoms with E-state index in [1.165, 1.54) is 24.4 Å². The minimum Gasteiger partial charge on any atom is -0.393 e. The van der Waals surface area contributed by atoms with Gasteiger partial charge in [0.2, 0.25) is 5.91 Å². The summed E-state index contributed by atoms with van der Waals surface area (Å²) >= 11 is 1.44. The molecule has 0 saturated carbocycles. The number of piperidine rings is 2. The number of aromatic nitrogens is 6. The summed E-state index contributed by atoms with van der Waals surface area (Å²) < 4.78 is 8.35. The molecule has 6 heterocycles. The van der Waals surface area contributed by atoms with E-state index in [9.17, 15) is 9.90 Å². The number of likely N-dealkylation sites (tertiary alicyclic amines) is 2. The first-order valence-electron chi connectivity index (χ1n) is 13.7. The van der Waals surface area contributed by atoms with Crippen molar-refractivity contribution in [2.45, 2.75) is 58.7 Å². The Morgan fingerprint density at radius 2 is 2.03 bits per heavy atom. The predicted octanol–water partition coefficient (Wildman–Crippen LogP) is 3.32. The molecule has 0 radical (unpaired) electrons. The summed E-state index contributed by atoms with van der Waals surface area (Å²) in [5.41, 5.74) is 4.39. The van der Waals surface area contributed by atoms with Crippen molar-refractivity contribution < 1.29 is 9.90 Å². The van der Waals surface area contributed by atoms with Gasteiger partial charge < -0.3 is 15.3 Å². The normalized spacial score (nSPS) is 19.2. The number of carbonyl (C=O) groups excluding carboxylic acids is 1. The zero-order valence-corrected chi connectivity index (χ0v) is 23.3.